The van der Waals surface area contributed by atoms with Crippen molar-refractivity contribution in [3.05, 3.63) is 69.1 Å². The maximum Gasteiger partial charge on any atom is 0.269 e. The van der Waals surface area contributed by atoms with Crippen LogP contribution in [0.15, 0.2) is 46.6 Å². The predicted octanol–water partition coefficient (Wildman–Crippen LogP) is 3.13. The Hall–Kier alpha value is -3.23. The number of piperazine rings is 1. The highest BCUT2D eigenvalue weighted by Gasteiger charge is 2.20. The number of carbonyl (C=O) groups is 1. The summed E-state index contributed by atoms with van der Waals surface area (Å²) in [6, 6.07) is 12.2. The van der Waals surface area contributed by atoms with E-state index in [1.165, 1.54) is 16.9 Å². The lowest BCUT2D eigenvalue weighted by atomic mass is 10.1. The molecule has 1 saturated heterocycles. The van der Waals surface area contributed by atoms with Gasteiger partial charge in [-0.1, -0.05) is 12.1 Å². The normalized spacial score (nSPS) is 14.9. The smallest absolute Gasteiger partial charge is 0.269 e. The standard InChI is InChI=1S/C24H25N5O2S/c1-15-21(6-5-19(26-15)23(30)25-2)29-10-8-28(9-11-29)14-16-3-4-17-18-7-12-32-22(18)24(31)27-20(17)13-16/h3-7,12-13H,8-11,14H2,1-2H3,(H,25,30)(H,27,31). The van der Waals surface area contributed by atoms with Crippen LogP contribution in [0.3, 0.4) is 0 Å². The first-order valence-corrected chi connectivity index (χ1v) is 11.6. The third-order valence-corrected chi connectivity index (χ3v) is 7.04. The quantitative estimate of drug-likeness (QED) is 0.502. The first kappa shape index (κ1) is 20.7. The van der Waals surface area contributed by atoms with E-state index in [1.807, 2.05) is 24.4 Å². The van der Waals surface area contributed by atoms with Crippen molar-refractivity contribution in [1.82, 2.24) is 20.2 Å². The van der Waals surface area contributed by atoms with Gasteiger partial charge in [0.05, 0.1) is 11.4 Å². The lowest BCUT2D eigenvalue weighted by Gasteiger charge is -2.36. The molecule has 0 spiro atoms. The van der Waals surface area contributed by atoms with Gasteiger partial charge in [0, 0.05) is 56.1 Å². The van der Waals surface area contributed by atoms with Crippen LogP contribution in [-0.2, 0) is 6.54 Å². The third kappa shape index (κ3) is 3.76. The maximum absolute atomic E-state index is 12.3. The molecule has 0 aliphatic carbocycles. The van der Waals surface area contributed by atoms with Crippen LogP contribution in [-0.4, -0.2) is 54.0 Å². The van der Waals surface area contributed by atoms with E-state index in [9.17, 15) is 9.59 Å². The molecule has 1 aliphatic heterocycles. The third-order valence-electron chi connectivity index (χ3n) is 6.13. The number of aromatic amines is 1. The van der Waals surface area contributed by atoms with E-state index in [1.54, 1.807) is 13.1 Å². The minimum atomic E-state index is -0.166. The van der Waals surface area contributed by atoms with Gasteiger partial charge in [-0.2, -0.15) is 0 Å². The Morgan fingerprint density at radius 1 is 1.12 bits per heavy atom. The van der Waals surface area contributed by atoms with Gasteiger partial charge in [0.1, 0.15) is 10.4 Å². The molecule has 1 aliphatic rings. The molecule has 4 aromatic rings. The van der Waals surface area contributed by atoms with Gasteiger partial charge in [0.15, 0.2) is 0 Å². The lowest BCUT2D eigenvalue weighted by molar-refractivity contribution is 0.0958. The lowest BCUT2D eigenvalue weighted by Crippen LogP contribution is -2.46. The largest absolute Gasteiger partial charge is 0.368 e. The van der Waals surface area contributed by atoms with Gasteiger partial charge in [-0.3, -0.25) is 14.5 Å². The number of amides is 1. The van der Waals surface area contributed by atoms with E-state index in [2.05, 4.69) is 43.3 Å². The van der Waals surface area contributed by atoms with Crippen molar-refractivity contribution in [2.75, 3.05) is 38.1 Å². The van der Waals surface area contributed by atoms with E-state index in [4.69, 9.17) is 0 Å². The molecule has 1 fully saturated rings. The highest BCUT2D eigenvalue weighted by Crippen LogP contribution is 2.26. The zero-order chi connectivity index (χ0) is 22.2. The Morgan fingerprint density at radius 3 is 2.69 bits per heavy atom. The summed E-state index contributed by atoms with van der Waals surface area (Å²) in [7, 11) is 1.61. The van der Waals surface area contributed by atoms with Crippen molar-refractivity contribution >= 4 is 43.9 Å². The van der Waals surface area contributed by atoms with E-state index >= 15 is 0 Å². The highest BCUT2D eigenvalue weighted by molar-refractivity contribution is 7.17. The summed E-state index contributed by atoms with van der Waals surface area (Å²) in [6.07, 6.45) is 0. The van der Waals surface area contributed by atoms with Crippen LogP contribution in [0.4, 0.5) is 5.69 Å². The molecule has 0 radical (unpaired) electrons. The molecular formula is C24H25N5O2S. The van der Waals surface area contributed by atoms with Crippen LogP contribution in [0.25, 0.3) is 21.0 Å². The van der Waals surface area contributed by atoms with Crippen LogP contribution in [0.2, 0.25) is 0 Å². The molecule has 0 saturated carbocycles. The van der Waals surface area contributed by atoms with E-state index in [0.717, 1.165) is 65.1 Å². The minimum Gasteiger partial charge on any atom is -0.368 e. The van der Waals surface area contributed by atoms with Gasteiger partial charge in [-0.25, -0.2) is 4.98 Å². The number of pyridine rings is 2. The van der Waals surface area contributed by atoms with Crippen molar-refractivity contribution in [3.63, 3.8) is 0 Å². The molecule has 8 heteroatoms. The summed E-state index contributed by atoms with van der Waals surface area (Å²) in [5.74, 6) is -0.166. The Labute approximate surface area is 189 Å². The number of rotatable bonds is 4. The van der Waals surface area contributed by atoms with Gasteiger partial charge in [0.25, 0.3) is 11.5 Å². The number of hydrogen-bond acceptors (Lipinski definition) is 6. The average molecular weight is 448 g/mol. The second-order valence-corrected chi connectivity index (χ2v) is 9.06. The molecule has 0 bridgehead atoms. The number of aromatic nitrogens is 2. The molecule has 0 unspecified atom stereocenters. The predicted molar refractivity (Wildman–Crippen MR) is 130 cm³/mol. The monoisotopic (exact) mass is 447 g/mol. The van der Waals surface area contributed by atoms with E-state index in [0.29, 0.717) is 5.69 Å². The molecular weight excluding hydrogens is 422 g/mol. The fraction of sp³-hybridized carbons (Fsp3) is 0.292. The molecule has 1 aromatic carbocycles. The van der Waals surface area contributed by atoms with Crippen LogP contribution in [0.1, 0.15) is 21.7 Å². The molecule has 7 nitrogen and oxygen atoms in total. The number of nitrogens with one attached hydrogen (secondary N) is 2. The molecule has 164 valence electrons. The van der Waals surface area contributed by atoms with Crippen LogP contribution in [0.5, 0.6) is 0 Å². The minimum absolute atomic E-state index is 0.0142. The van der Waals surface area contributed by atoms with Gasteiger partial charge >= 0.3 is 0 Å². The van der Waals surface area contributed by atoms with Crippen molar-refractivity contribution in [2.45, 2.75) is 13.5 Å². The fourth-order valence-corrected chi connectivity index (χ4v) is 5.26. The number of benzene rings is 1. The summed E-state index contributed by atoms with van der Waals surface area (Å²) < 4.78 is 0.787. The SMILES string of the molecule is CNC(=O)c1ccc(N2CCN(Cc3ccc4c(c3)[nH]c(=O)c3sccc34)CC2)c(C)n1. The molecule has 1 amide bonds. The summed E-state index contributed by atoms with van der Waals surface area (Å²) in [4.78, 5) is 36.4. The van der Waals surface area contributed by atoms with Crippen LogP contribution >= 0.6 is 11.3 Å². The molecule has 3 aromatic heterocycles. The first-order valence-electron chi connectivity index (χ1n) is 10.7. The number of H-pyrrole nitrogens is 1. The number of carbonyl (C=O) groups excluding carboxylic acids is 1. The number of nitrogens with zero attached hydrogens (tertiary/aromatic N) is 3. The van der Waals surface area contributed by atoms with E-state index in [-0.39, 0.29) is 11.5 Å². The average Bonchev–Trinajstić information content (AvgIpc) is 3.30. The highest BCUT2D eigenvalue weighted by atomic mass is 32.1. The van der Waals surface area contributed by atoms with Crippen molar-refractivity contribution < 1.29 is 4.79 Å². The van der Waals surface area contributed by atoms with Gasteiger partial charge < -0.3 is 15.2 Å². The first-order chi connectivity index (χ1) is 15.5. The fourth-order valence-electron chi connectivity index (χ4n) is 4.45. The number of aryl methyl sites for hydroxylation is 1. The number of fused-ring (bicyclic) bond motifs is 3. The maximum atomic E-state index is 12.3. The molecule has 32 heavy (non-hydrogen) atoms. The second kappa shape index (κ2) is 8.37. The Bertz CT molecular complexity index is 1370. The number of anilines is 1. The Morgan fingerprint density at radius 2 is 1.94 bits per heavy atom. The summed E-state index contributed by atoms with van der Waals surface area (Å²) in [5.41, 5.74) is 4.48. The van der Waals surface area contributed by atoms with Crippen molar-refractivity contribution in [3.8, 4) is 0 Å². The van der Waals surface area contributed by atoms with Crippen molar-refractivity contribution in [1.29, 1.82) is 0 Å². The van der Waals surface area contributed by atoms with Crippen molar-refractivity contribution in [2.24, 2.45) is 0 Å². The summed E-state index contributed by atoms with van der Waals surface area (Å²) in [5, 5.41) is 6.71. The molecule has 5 rings (SSSR count). The zero-order valence-corrected chi connectivity index (χ0v) is 19.0. The van der Waals surface area contributed by atoms with Gasteiger partial charge in [-0.15, -0.1) is 11.3 Å². The van der Waals surface area contributed by atoms with Gasteiger partial charge in [-0.05, 0) is 42.1 Å². The summed E-state index contributed by atoms with van der Waals surface area (Å²) >= 11 is 1.48. The Balaban J connectivity index is 1.28. The number of thiophene rings is 1. The van der Waals surface area contributed by atoms with Gasteiger partial charge in [0.2, 0.25) is 0 Å². The Kier molecular flexibility index (Phi) is 5.40. The zero-order valence-electron chi connectivity index (χ0n) is 18.1. The molecule has 0 atom stereocenters. The molecule has 2 N–H and O–H groups in total. The topological polar surface area (TPSA) is 81.3 Å². The second-order valence-electron chi connectivity index (χ2n) is 8.14. The van der Waals surface area contributed by atoms with Crippen LogP contribution < -0.4 is 15.8 Å². The number of hydrogen-bond donors (Lipinski definition) is 2. The molecule has 4 heterocycles. The van der Waals surface area contributed by atoms with Crippen LogP contribution in [0, 0.1) is 6.92 Å². The van der Waals surface area contributed by atoms with E-state index < -0.39 is 0 Å². The summed E-state index contributed by atoms with van der Waals surface area (Å²) in [6.45, 7) is 6.49.